The van der Waals surface area contributed by atoms with Gasteiger partial charge in [-0.1, -0.05) is 6.07 Å². The van der Waals surface area contributed by atoms with Crippen molar-refractivity contribution in [2.45, 2.75) is 30.6 Å². The van der Waals surface area contributed by atoms with Crippen molar-refractivity contribution in [1.82, 2.24) is 4.90 Å². The molecule has 0 radical (unpaired) electrons. The van der Waals surface area contributed by atoms with Crippen molar-refractivity contribution in [2.24, 2.45) is 11.8 Å². The molecule has 118 valence electrons. The molecule has 1 saturated carbocycles. The molecule has 1 saturated heterocycles. The van der Waals surface area contributed by atoms with Crippen molar-refractivity contribution >= 4 is 29.3 Å². The van der Waals surface area contributed by atoms with Crippen LogP contribution in [-0.2, 0) is 9.59 Å². The summed E-state index contributed by atoms with van der Waals surface area (Å²) in [5, 5.41) is 3.01. The van der Waals surface area contributed by atoms with E-state index in [9.17, 15) is 9.59 Å². The molecule has 0 atom stereocenters. The fourth-order valence-corrected chi connectivity index (χ4v) is 3.36. The Hall–Kier alpha value is -1.49. The number of hydrogen-bond acceptors (Lipinski definition) is 3. The zero-order valence-corrected chi connectivity index (χ0v) is 13.7. The van der Waals surface area contributed by atoms with E-state index in [2.05, 4.69) is 5.32 Å². The summed E-state index contributed by atoms with van der Waals surface area (Å²) in [5.41, 5.74) is 0.855. The lowest BCUT2D eigenvalue weighted by molar-refractivity contribution is -0.135. The highest BCUT2D eigenvalue weighted by atomic mass is 32.2. The first-order chi connectivity index (χ1) is 10.7. The summed E-state index contributed by atoms with van der Waals surface area (Å²) in [7, 11) is 0. The number of amides is 2. The van der Waals surface area contributed by atoms with Crippen LogP contribution in [0.5, 0.6) is 0 Å². The summed E-state index contributed by atoms with van der Waals surface area (Å²) >= 11 is 1.66. The second kappa shape index (κ2) is 6.73. The molecule has 3 rings (SSSR count). The molecule has 0 bridgehead atoms. The molecule has 1 heterocycles. The minimum atomic E-state index is 0.0150. The molecule has 2 fully saturated rings. The van der Waals surface area contributed by atoms with E-state index in [1.165, 1.54) is 0 Å². The van der Waals surface area contributed by atoms with Gasteiger partial charge in [-0.15, -0.1) is 11.8 Å². The Morgan fingerprint density at radius 3 is 2.50 bits per heavy atom. The molecule has 2 amide bonds. The summed E-state index contributed by atoms with van der Waals surface area (Å²) in [5.74, 6) is 0.671. The fraction of sp³-hybridized carbons (Fsp3) is 0.529. The van der Waals surface area contributed by atoms with Crippen molar-refractivity contribution in [3.63, 3.8) is 0 Å². The Bertz CT molecular complexity index is 564. The minimum absolute atomic E-state index is 0.0150. The second-order valence-corrected chi connectivity index (χ2v) is 6.97. The number of benzene rings is 1. The Labute approximate surface area is 135 Å². The van der Waals surface area contributed by atoms with Crippen molar-refractivity contribution in [3.8, 4) is 0 Å². The maximum Gasteiger partial charge on any atom is 0.227 e. The van der Waals surface area contributed by atoms with Crippen LogP contribution in [0.15, 0.2) is 29.2 Å². The number of likely N-dealkylation sites (tertiary alicyclic amines) is 1. The van der Waals surface area contributed by atoms with E-state index in [1.807, 2.05) is 35.4 Å². The summed E-state index contributed by atoms with van der Waals surface area (Å²) in [6, 6.07) is 7.90. The molecular formula is C17H22N2O2S. The third kappa shape index (κ3) is 3.64. The summed E-state index contributed by atoms with van der Waals surface area (Å²) in [4.78, 5) is 27.5. The van der Waals surface area contributed by atoms with Crippen molar-refractivity contribution < 1.29 is 9.59 Å². The fourth-order valence-electron chi connectivity index (χ4n) is 2.90. The van der Waals surface area contributed by atoms with Gasteiger partial charge in [0.05, 0.1) is 0 Å². The molecule has 2 aliphatic rings. The molecule has 0 spiro atoms. The second-order valence-electron chi connectivity index (χ2n) is 6.10. The molecule has 0 unspecified atom stereocenters. The number of thioether (sulfide) groups is 1. The van der Waals surface area contributed by atoms with E-state index < -0.39 is 0 Å². The number of carbonyl (C=O) groups excluding carboxylic acids is 2. The highest BCUT2D eigenvalue weighted by Crippen LogP contribution is 2.32. The SMILES string of the molecule is CSc1cccc(NC(=O)C2CCN(C(=O)C3CC3)CC2)c1. The third-order valence-corrected chi connectivity index (χ3v) is 5.17. The number of carbonyl (C=O) groups is 2. The van der Waals surface area contributed by atoms with Crippen LogP contribution in [0, 0.1) is 11.8 Å². The van der Waals surface area contributed by atoms with E-state index >= 15 is 0 Å². The van der Waals surface area contributed by atoms with Crippen LogP contribution < -0.4 is 5.32 Å². The standard InChI is InChI=1S/C17H22N2O2S/c1-22-15-4-2-3-14(11-15)18-16(20)12-7-9-19(10-8-12)17(21)13-5-6-13/h2-4,11-13H,5-10H2,1H3,(H,18,20). The lowest BCUT2D eigenvalue weighted by Crippen LogP contribution is -2.42. The number of anilines is 1. The molecule has 1 N–H and O–H groups in total. The Morgan fingerprint density at radius 2 is 1.86 bits per heavy atom. The maximum absolute atomic E-state index is 12.4. The predicted octanol–water partition coefficient (Wildman–Crippen LogP) is 3.00. The van der Waals surface area contributed by atoms with Gasteiger partial charge in [0, 0.05) is 35.5 Å². The quantitative estimate of drug-likeness (QED) is 0.868. The molecule has 1 aliphatic carbocycles. The highest BCUT2D eigenvalue weighted by Gasteiger charge is 2.35. The van der Waals surface area contributed by atoms with E-state index in [0.29, 0.717) is 5.91 Å². The molecule has 1 aliphatic heterocycles. The molecular weight excluding hydrogens is 296 g/mol. The molecule has 4 nitrogen and oxygen atoms in total. The van der Waals surface area contributed by atoms with E-state index in [1.54, 1.807) is 11.8 Å². The zero-order valence-electron chi connectivity index (χ0n) is 12.9. The normalized spacial score (nSPS) is 19.0. The van der Waals surface area contributed by atoms with Crippen LogP contribution in [-0.4, -0.2) is 36.1 Å². The third-order valence-electron chi connectivity index (χ3n) is 4.44. The van der Waals surface area contributed by atoms with Crippen LogP contribution in [0.2, 0.25) is 0 Å². The van der Waals surface area contributed by atoms with Gasteiger partial charge in [-0.25, -0.2) is 0 Å². The van der Waals surface area contributed by atoms with E-state index in [4.69, 9.17) is 0 Å². The molecule has 0 aromatic heterocycles. The molecule has 1 aromatic rings. The van der Waals surface area contributed by atoms with Crippen LogP contribution in [0.3, 0.4) is 0 Å². The minimum Gasteiger partial charge on any atom is -0.342 e. The van der Waals surface area contributed by atoms with Crippen molar-refractivity contribution in [3.05, 3.63) is 24.3 Å². The summed E-state index contributed by atoms with van der Waals surface area (Å²) in [6.07, 6.45) is 5.66. The average molecular weight is 318 g/mol. The number of rotatable bonds is 4. The van der Waals surface area contributed by atoms with Crippen LogP contribution in [0.25, 0.3) is 0 Å². The van der Waals surface area contributed by atoms with Gasteiger partial charge in [0.15, 0.2) is 0 Å². The van der Waals surface area contributed by atoms with Gasteiger partial charge in [0.2, 0.25) is 11.8 Å². The monoisotopic (exact) mass is 318 g/mol. The average Bonchev–Trinajstić information content (AvgIpc) is 3.39. The largest absolute Gasteiger partial charge is 0.342 e. The highest BCUT2D eigenvalue weighted by molar-refractivity contribution is 7.98. The van der Waals surface area contributed by atoms with E-state index in [-0.39, 0.29) is 17.7 Å². The first-order valence-corrected chi connectivity index (χ1v) is 9.13. The first-order valence-electron chi connectivity index (χ1n) is 7.91. The van der Waals surface area contributed by atoms with Gasteiger partial charge < -0.3 is 10.2 Å². The lowest BCUT2D eigenvalue weighted by atomic mass is 9.95. The smallest absolute Gasteiger partial charge is 0.227 e. The van der Waals surface area contributed by atoms with Crippen LogP contribution >= 0.6 is 11.8 Å². The Kier molecular flexibility index (Phi) is 4.71. The number of nitrogens with one attached hydrogen (secondary N) is 1. The molecule has 22 heavy (non-hydrogen) atoms. The van der Waals surface area contributed by atoms with Gasteiger partial charge in [0.1, 0.15) is 0 Å². The molecule has 1 aromatic carbocycles. The molecule has 5 heteroatoms. The number of nitrogens with zero attached hydrogens (tertiary/aromatic N) is 1. The topological polar surface area (TPSA) is 49.4 Å². The maximum atomic E-state index is 12.4. The number of hydrogen-bond donors (Lipinski definition) is 1. The van der Waals surface area contributed by atoms with Crippen LogP contribution in [0.4, 0.5) is 5.69 Å². The Balaban J connectivity index is 1.52. The lowest BCUT2D eigenvalue weighted by Gasteiger charge is -2.31. The first kappa shape index (κ1) is 15.4. The zero-order chi connectivity index (χ0) is 15.5. The predicted molar refractivity (Wildman–Crippen MR) is 88.9 cm³/mol. The van der Waals surface area contributed by atoms with Crippen molar-refractivity contribution in [1.29, 1.82) is 0 Å². The number of piperidine rings is 1. The summed E-state index contributed by atoms with van der Waals surface area (Å²) in [6.45, 7) is 1.44. The van der Waals surface area contributed by atoms with Gasteiger partial charge in [-0.2, -0.15) is 0 Å². The van der Waals surface area contributed by atoms with E-state index in [0.717, 1.165) is 49.4 Å². The van der Waals surface area contributed by atoms with Crippen molar-refractivity contribution in [2.75, 3.05) is 24.7 Å². The van der Waals surface area contributed by atoms with Gasteiger partial charge in [0.25, 0.3) is 0 Å². The summed E-state index contributed by atoms with van der Waals surface area (Å²) < 4.78 is 0. The van der Waals surface area contributed by atoms with Gasteiger partial charge in [-0.3, -0.25) is 9.59 Å². The van der Waals surface area contributed by atoms with Gasteiger partial charge >= 0.3 is 0 Å². The van der Waals surface area contributed by atoms with Gasteiger partial charge in [-0.05, 0) is 50.1 Å². The Morgan fingerprint density at radius 1 is 1.14 bits per heavy atom. The van der Waals surface area contributed by atoms with Crippen LogP contribution in [0.1, 0.15) is 25.7 Å².